The Morgan fingerprint density at radius 2 is 1.66 bits per heavy atom. The lowest BCUT2D eigenvalue weighted by atomic mass is 10.00. The number of anilines is 1. The van der Waals surface area contributed by atoms with Gasteiger partial charge in [-0.3, -0.25) is 14.4 Å². The standard InChI is InChI=1S/C30H33N3O5/c1-33(19-6-5-11-28(35)32-25-16-13-23(21-34)14-17-25)29(36)12-7-8-22-15-18-26(24-9-3-2-4-10-24)27(20-22)38-30(31)37/h2-4,9-10,13-18,20-21H,5-8,11-12,19H2,1H3,(H2,31,37)(H,32,35). The van der Waals surface area contributed by atoms with Crippen LogP contribution in [0.3, 0.4) is 0 Å². The zero-order valence-electron chi connectivity index (χ0n) is 21.5. The molecule has 0 fully saturated rings. The Balaban J connectivity index is 1.39. The van der Waals surface area contributed by atoms with Gasteiger partial charge in [-0.2, -0.15) is 0 Å². The largest absolute Gasteiger partial charge is 0.410 e. The van der Waals surface area contributed by atoms with Gasteiger partial charge in [0, 0.05) is 43.2 Å². The number of aldehydes is 1. The number of carbonyl (C=O) groups excluding carboxylic acids is 4. The van der Waals surface area contributed by atoms with Crippen LogP contribution in [0.2, 0.25) is 0 Å². The van der Waals surface area contributed by atoms with Crippen LogP contribution in [0.5, 0.6) is 5.75 Å². The Morgan fingerprint density at radius 1 is 0.921 bits per heavy atom. The molecule has 38 heavy (non-hydrogen) atoms. The molecule has 3 rings (SSSR count). The van der Waals surface area contributed by atoms with E-state index >= 15 is 0 Å². The second kappa shape index (κ2) is 14.3. The summed E-state index contributed by atoms with van der Waals surface area (Å²) in [6, 6.07) is 21.9. The molecular formula is C30H33N3O5. The molecule has 3 aromatic carbocycles. The molecule has 198 valence electrons. The Hall–Kier alpha value is -4.46. The van der Waals surface area contributed by atoms with Crippen molar-refractivity contribution in [3.63, 3.8) is 0 Å². The van der Waals surface area contributed by atoms with Crippen LogP contribution in [0.4, 0.5) is 10.5 Å². The van der Waals surface area contributed by atoms with Crippen molar-refractivity contribution in [1.82, 2.24) is 4.90 Å². The van der Waals surface area contributed by atoms with Gasteiger partial charge in [-0.15, -0.1) is 0 Å². The maximum absolute atomic E-state index is 12.5. The normalized spacial score (nSPS) is 10.4. The van der Waals surface area contributed by atoms with Crippen LogP contribution in [0.15, 0.2) is 72.8 Å². The van der Waals surface area contributed by atoms with Gasteiger partial charge in [0.1, 0.15) is 12.0 Å². The minimum Gasteiger partial charge on any atom is -0.410 e. The second-order valence-electron chi connectivity index (χ2n) is 9.03. The molecule has 3 N–H and O–H groups in total. The summed E-state index contributed by atoms with van der Waals surface area (Å²) < 4.78 is 5.24. The average molecular weight is 516 g/mol. The number of carbonyl (C=O) groups is 4. The number of aryl methyl sites for hydroxylation is 1. The number of nitrogens with one attached hydrogen (secondary N) is 1. The number of amides is 3. The summed E-state index contributed by atoms with van der Waals surface area (Å²) in [7, 11) is 1.77. The van der Waals surface area contributed by atoms with Crippen molar-refractivity contribution < 1.29 is 23.9 Å². The molecule has 8 heteroatoms. The average Bonchev–Trinajstić information content (AvgIpc) is 2.91. The molecule has 0 aromatic heterocycles. The van der Waals surface area contributed by atoms with Gasteiger partial charge in [0.15, 0.2) is 0 Å². The van der Waals surface area contributed by atoms with Crippen molar-refractivity contribution in [2.45, 2.75) is 38.5 Å². The van der Waals surface area contributed by atoms with E-state index in [0.29, 0.717) is 62.1 Å². The first-order valence-electron chi connectivity index (χ1n) is 12.6. The number of rotatable bonds is 13. The highest BCUT2D eigenvalue weighted by Crippen LogP contribution is 2.31. The van der Waals surface area contributed by atoms with Crippen LogP contribution in [-0.2, 0) is 16.0 Å². The van der Waals surface area contributed by atoms with E-state index in [0.717, 1.165) is 23.0 Å². The summed E-state index contributed by atoms with van der Waals surface area (Å²) >= 11 is 0. The molecule has 8 nitrogen and oxygen atoms in total. The van der Waals surface area contributed by atoms with E-state index in [1.807, 2.05) is 42.5 Å². The van der Waals surface area contributed by atoms with Gasteiger partial charge in [-0.25, -0.2) is 4.79 Å². The summed E-state index contributed by atoms with van der Waals surface area (Å²) in [5.41, 5.74) is 9.10. The molecule has 0 spiro atoms. The Kier molecular flexibility index (Phi) is 10.6. The van der Waals surface area contributed by atoms with Gasteiger partial charge in [-0.05, 0) is 67.1 Å². The van der Waals surface area contributed by atoms with Crippen molar-refractivity contribution in [2.75, 3.05) is 18.9 Å². The smallest absolute Gasteiger partial charge is 0.409 e. The first kappa shape index (κ1) is 28.1. The van der Waals surface area contributed by atoms with Crippen LogP contribution in [0, 0.1) is 0 Å². The van der Waals surface area contributed by atoms with Gasteiger partial charge < -0.3 is 20.7 Å². The molecular weight excluding hydrogens is 482 g/mol. The highest BCUT2D eigenvalue weighted by Gasteiger charge is 2.12. The summed E-state index contributed by atoms with van der Waals surface area (Å²) in [5, 5.41) is 2.80. The summed E-state index contributed by atoms with van der Waals surface area (Å²) in [4.78, 5) is 48.5. The molecule has 3 amide bonds. The first-order chi connectivity index (χ1) is 18.4. The fraction of sp³-hybridized carbons (Fsp3) is 0.267. The molecule has 0 atom stereocenters. The maximum atomic E-state index is 12.5. The van der Waals surface area contributed by atoms with Crippen LogP contribution in [0.25, 0.3) is 11.1 Å². The molecule has 0 unspecified atom stereocenters. The second-order valence-corrected chi connectivity index (χ2v) is 9.03. The Bertz CT molecular complexity index is 1240. The van der Waals surface area contributed by atoms with E-state index in [4.69, 9.17) is 10.5 Å². The van der Waals surface area contributed by atoms with E-state index in [-0.39, 0.29) is 11.8 Å². The van der Waals surface area contributed by atoms with Crippen LogP contribution in [-0.4, -0.2) is 42.7 Å². The number of nitrogens with two attached hydrogens (primary N) is 1. The van der Waals surface area contributed by atoms with Crippen molar-refractivity contribution in [3.05, 3.63) is 83.9 Å². The molecule has 0 radical (unpaired) electrons. The van der Waals surface area contributed by atoms with Gasteiger partial charge in [0.25, 0.3) is 0 Å². The highest BCUT2D eigenvalue weighted by atomic mass is 16.5. The number of nitrogens with zero attached hydrogens (tertiary/aromatic N) is 1. The minimum atomic E-state index is -0.873. The van der Waals surface area contributed by atoms with Crippen molar-refractivity contribution in [2.24, 2.45) is 5.73 Å². The SMILES string of the molecule is CN(CCCCC(=O)Nc1ccc(C=O)cc1)C(=O)CCCc1ccc(-c2ccccc2)c(OC(N)=O)c1. The topological polar surface area (TPSA) is 119 Å². The van der Waals surface area contributed by atoms with E-state index in [1.54, 1.807) is 42.3 Å². The van der Waals surface area contributed by atoms with Crippen molar-refractivity contribution in [1.29, 1.82) is 0 Å². The van der Waals surface area contributed by atoms with Gasteiger partial charge in [0.2, 0.25) is 11.8 Å². The van der Waals surface area contributed by atoms with Crippen LogP contribution >= 0.6 is 0 Å². The number of benzene rings is 3. The van der Waals surface area contributed by atoms with E-state index < -0.39 is 6.09 Å². The van der Waals surface area contributed by atoms with Gasteiger partial charge >= 0.3 is 6.09 Å². The molecule has 0 heterocycles. The third kappa shape index (κ3) is 8.89. The quantitative estimate of drug-likeness (QED) is 0.239. The number of unbranched alkanes of at least 4 members (excludes halogenated alkanes) is 1. The monoisotopic (exact) mass is 515 g/mol. The zero-order chi connectivity index (χ0) is 27.3. The molecule has 0 aliphatic carbocycles. The molecule has 0 saturated heterocycles. The number of primary amides is 1. The van der Waals surface area contributed by atoms with E-state index in [2.05, 4.69) is 5.32 Å². The van der Waals surface area contributed by atoms with Gasteiger partial charge in [-0.1, -0.05) is 42.5 Å². The van der Waals surface area contributed by atoms with E-state index in [1.165, 1.54) is 0 Å². The number of hydrogen-bond donors (Lipinski definition) is 2. The lowest BCUT2D eigenvalue weighted by Crippen LogP contribution is -2.27. The third-order valence-corrected chi connectivity index (χ3v) is 6.10. The highest BCUT2D eigenvalue weighted by molar-refractivity contribution is 5.91. The predicted molar refractivity (Wildman–Crippen MR) is 147 cm³/mol. The van der Waals surface area contributed by atoms with Crippen molar-refractivity contribution in [3.8, 4) is 16.9 Å². The minimum absolute atomic E-state index is 0.0410. The molecule has 3 aromatic rings. The molecule has 0 aliphatic heterocycles. The fourth-order valence-corrected chi connectivity index (χ4v) is 4.03. The summed E-state index contributed by atoms with van der Waals surface area (Å²) in [6.45, 7) is 0.572. The molecule has 0 saturated carbocycles. The zero-order valence-corrected chi connectivity index (χ0v) is 21.5. The van der Waals surface area contributed by atoms with Crippen molar-refractivity contribution >= 4 is 29.9 Å². The number of ether oxygens (including phenoxy) is 1. The van der Waals surface area contributed by atoms with Gasteiger partial charge in [0.05, 0.1) is 0 Å². The first-order valence-corrected chi connectivity index (χ1v) is 12.6. The lowest BCUT2D eigenvalue weighted by molar-refractivity contribution is -0.130. The maximum Gasteiger partial charge on any atom is 0.409 e. The van der Waals surface area contributed by atoms with Crippen LogP contribution < -0.4 is 15.8 Å². The predicted octanol–water partition coefficient (Wildman–Crippen LogP) is 5.21. The summed E-state index contributed by atoms with van der Waals surface area (Å²) in [5.74, 6) is 0.335. The van der Waals surface area contributed by atoms with Crippen LogP contribution in [0.1, 0.15) is 48.0 Å². The summed E-state index contributed by atoms with van der Waals surface area (Å²) in [6.07, 6.45) is 3.30. The third-order valence-electron chi connectivity index (χ3n) is 6.10. The number of hydrogen-bond acceptors (Lipinski definition) is 5. The Labute approximate surface area is 222 Å². The van der Waals surface area contributed by atoms with E-state index in [9.17, 15) is 19.2 Å². The Morgan fingerprint density at radius 3 is 2.34 bits per heavy atom. The molecule has 0 aliphatic rings. The molecule has 0 bridgehead atoms. The fourth-order valence-electron chi connectivity index (χ4n) is 4.03. The lowest BCUT2D eigenvalue weighted by Gasteiger charge is -2.17.